The summed E-state index contributed by atoms with van der Waals surface area (Å²) in [4.78, 5) is 36.3. The van der Waals surface area contributed by atoms with Crippen LogP contribution in [0.1, 0.15) is 20.7 Å². The van der Waals surface area contributed by atoms with Gasteiger partial charge in [-0.25, -0.2) is 9.69 Å². The number of nitrogens with one attached hydrogen (secondary N) is 1. The highest BCUT2D eigenvalue weighted by Crippen LogP contribution is 2.31. The molecular formula is C13H10N4O4. The van der Waals surface area contributed by atoms with E-state index in [2.05, 4.69) is 10.4 Å². The van der Waals surface area contributed by atoms with Gasteiger partial charge in [-0.15, -0.1) is 0 Å². The van der Waals surface area contributed by atoms with Crippen LogP contribution in [0.25, 0.3) is 0 Å². The third-order valence-corrected chi connectivity index (χ3v) is 3.06. The zero-order valence-corrected chi connectivity index (χ0v) is 10.9. The molecule has 1 aromatic carbocycles. The maximum atomic E-state index is 12.3. The number of carbonyl (C=O) groups excluding carboxylic acids is 2. The van der Waals surface area contributed by atoms with Gasteiger partial charge >= 0.3 is 6.09 Å². The number of rotatable bonds is 2. The van der Waals surface area contributed by atoms with Crippen LogP contribution >= 0.6 is 0 Å². The van der Waals surface area contributed by atoms with Crippen molar-refractivity contribution in [1.29, 1.82) is 0 Å². The number of hydrogen-bond acceptors (Lipinski definition) is 4. The summed E-state index contributed by atoms with van der Waals surface area (Å²) in [6.07, 6.45) is 0.0772. The van der Waals surface area contributed by atoms with E-state index in [-0.39, 0.29) is 22.6 Å². The predicted molar refractivity (Wildman–Crippen MR) is 72.4 cm³/mol. The first-order valence-electron chi connectivity index (χ1n) is 6.00. The first-order valence-corrected chi connectivity index (χ1v) is 6.00. The maximum Gasteiger partial charge on any atom is 0.409 e. The van der Waals surface area contributed by atoms with E-state index in [0.29, 0.717) is 0 Å². The van der Waals surface area contributed by atoms with Gasteiger partial charge in [0.1, 0.15) is 5.69 Å². The molecule has 0 spiro atoms. The fourth-order valence-electron chi connectivity index (χ4n) is 2.23. The molecule has 0 unspecified atom stereocenters. The number of amides is 3. The summed E-state index contributed by atoms with van der Waals surface area (Å²) in [5.41, 5.74) is 0.614. The Morgan fingerprint density at radius 3 is 2.29 bits per heavy atom. The number of nitrogens with zero attached hydrogens (tertiary/aromatic N) is 3. The fraction of sp³-hybridized carbons (Fsp3) is 0.0769. The zero-order chi connectivity index (χ0) is 15.1. The van der Waals surface area contributed by atoms with Crippen molar-refractivity contribution in [2.45, 2.75) is 0 Å². The topological polar surface area (TPSA) is 105 Å². The molecule has 1 aliphatic rings. The fourth-order valence-corrected chi connectivity index (χ4v) is 2.23. The van der Waals surface area contributed by atoms with Gasteiger partial charge in [0.15, 0.2) is 5.82 Å². The summed E-state index contributed by atoms with van der Waals surface area (Å²) in [5.74, 6) is -1.09. The second-order valence-corrected chi connectivity index (χ2v) is 4.46. The van der Waals surface area contributed by atoms with Gasteiger partial charge in [0.2, 0.25) is 0 Å². The maximum absolute atomic E-state index is 12.3. The van der Waals surface area contributed by atoms with Crippen LogP contribution in [0.4, 0.5) is 16.3 Å². The van der Waals surface area contributed by atoms with Gasteiger partial charge in [-0.05, 0) is 12.1 Å². The van der Waals surface area contributed by atoms with Crippen LogP contribution in [-0.2, 0) is 7.05 Å². The van der Waals surface area contributed by atoms with Crippen molar-refractivity contribution in [3.8, 4) is 0 Å². The van der Waals surface area contributed by atoms with Crippen LogP contribution < -0.4 is 10.2 Å². The Hall–Kier alpha value is -3.16. The normalized spacial score (nSPS) is 13.5. The number of fused-ring (bicyclic) bond motifs is 1. The Balaban J connectivity index is 2.09. The number of hydrogen-bond donors (Lipinski definition) is 2. The number of imide groups is 1. The zero-order valence-electron chi connectivity index (χ0n) is 10.9. The van der Waals surface area contributed by atoms with Crippen molar-refractivity contribution in [3.63, 3.8) is 0 Å². The minimum atomic E-state index is -1.30. The molecule has 106 valence electrons. The van der Waals surface area contributed by atoms with Gasteiger partial charge in [-0.1, -0.05) is 12.1 Å². The lowest BCUT2D eigenvalue weighted by Gasteiger charge is -2.12. The number of carboxylic acid groups (broad SMARTS) is 1. The summed E-state index contributed by atoms with van der Waals surface area (Å²) in [6.45, 7) is 0. The Labute approximate surface area is 118 Å². The molecule has 2 heterocycles. The van der Waals surface area contributed by atoms with E-state index in [0.717, 1.165) is 4.90 Å². The van der Waals surface area contributed by atoms with E-state index >= 15 is 0 Å². The van der Waals surface area contributed by atoms with Crippen LogP contribution in [0.2, 0.25) is 0 Å². The highest BCUT2D eigenvalue weighted by Gasteiger charge is 2.39. The minimum absolute atomic E-state index is 0.0360. The molecule has 0 saturated carbocycles. The van der Waals surface area contributed by atoms with Crippen LogP contribution in [-0.4, -0.2) is 32.8 Å². The second-order valence-electron chi connectivity index (χ2n) is 4.46. The lowest BCUT2D eigenvalue weighted by atomic mass is 10.1. The first-order chi connectivity index (χ1) is 9.99. The standard InChI is InChI=1S/C13H10N4O4/c1-16-6-9(14-13(20)21)10(15-16)17-11(18)7-4-2-3-5-8(7)12(17)19/h2-6,14H,1H3,(H,20,21). The van der Waals surface area contributed by atoms with Crippen molar-refractivity contribution in [1.82, 2.24) is 9.78 Å². The minimum Gasteiger partial charge on any atom is -0.465 e. The molecule has 3 rings (SSSR count). The van der Waals surface area contributed by atoms with Gasteiger partial charge in [0.05, 0.1) is 17.3 Å². The Morgan fingerprint density at radius 2 is 1.76 bits per heavy atom. The van der Waals surface area contributed by atoms with Crippen molar-refractivity contribution >= 4 is 29.4 Å². The van der Waals surface area contributed by atoms with Crippen molar-refractivity contribution in [2.75, 3.05) is 10.2 Å². The molecule has 2 N–H and O–H groups in total. The van der Waals surface area contributed by atoms with Gasteiger partial charge in [-0.2, -0.15) is 5.10 Å². The molecule has 0 bridgehead atoms. The van der Waals surface area contributed by atoms with E-state index in [1.165, 1.54) is 10.9 Å². The SMILES string of the molecule is Cn1cc(NC(=O)O)c(N2C(=O)c3ccccc3C2=O)n1. The van der Waals surface area contributed by atoms with Crippen molar-refractivity contribution in [2.24, 2.45) is 7.05 Å². The average molecular weight is 286 g/mol. The molecule has 1 aromatic heterocycles. The number of aromatic nitrogens is 2. The van der Waals surface area contributed by atoms with Crippen molar-refractivity contribution < 1.29 is 19.5 Å². The molecule has 8 heteroatoms. The molecule has 0 aliphatic carbocycles. The molecule has 2 aromatic rings. The number of aryl methyl sites for hydroxylation is 1. The van der Waals surface area contributed by atoms with Crippen molar-refractivity contribution in [3.05, 3.63) is 41.6 Å². The summed E-state index contributed by atoms with van der Waals surface area (Å²) in [7, 11) is 1.56. The molecular weight excluding hydrogens is 276 g/mol. The second kappa shape index (κ2) is 4.44. The highest BCUT2D eigenvalue weighted by atomic mass is 16.4. The van der Waals surface area contributed by atoms with Gasteiger partial charge in [0, 0.05) is 7.05 Å². The lowest BCUT2D eigenvalue weighted by Crippen LogP contribution is -2.30. The Morgan fingerprint density at radius 1 is 1.19 bits per heavy atom. The smallest absolute Gasteiger partial charge is 0.409 e. The largest absolute Gasteiger partial charge is 0.465 e. The number of benzene rings is 1. The van der Waals surface area contributed by atoms with Crippen LogP contribution in [0, 0.1) is 0 Å². The van der Waals surface area contributed by atoms with Crippen LogP contribution in [0.3, 0.4) is 0 Å². The van der Waals surface area contributed by atoms with E-state index < -0.39 is 17.9 Å². The summed E-state index contributed by atoms with van der Waals surface area (Å²) < 4.78 is 1.32. The predicted octanol–water partition coefficient (Wildman–Crippen LogP) is 1.31. The quantitative estimate of drug-likeness (QED) is 0.810. The van der Waals surface area contributed by atoms with E-state index in [9.17, 15) is 14.4 Å². The van der Waals surface area contributed by atoms with Gasteiger partial charge in [0.25, 0.3) is 11.8 Å². The van der Waals surface area contributed by atoms with Crippen LogP contribution in [0.15, 0.2) is 30.5 Å². The highest BCUT2D eigenvalue weighted by molar-refractivity contribution is 6.34. The molecule has 3 amide bonds. The lowest BCUT2D eigenvalue weighted by molar-refractivity contribution is 0.0924. The molecule has 0 atom stereocenters. The third kappa shape index (κ3) is 1.93. The summed E-state index contributed by atoms with van der Waals surface area (Å²) >= 11 is 0. The Kier molecular flexibility index (Phi) is 2.72. The Bertz CT molecular complexity index is 745. The average Bonchev–Trinajstić information content (AvgIpc) is 2.89. The van der Waals surface area contributed by atoms with Gasteiger partial charge in [-0.3, -0.25) is 19.6 Å². The third-order valence-electron chi connectivity index (χ3n) is 3.06. The molecule has 0 fully saturated rings. The first kappa shape index (κ1) is 12.9. The molecule has 21 heavy (non-hydrogen) atoms. The van der Waals surface area contributed by atoms with E-state index in [1.807, 2.05) is 0 Å². The molecule has 8 nitrogen and oxygen atoms in total. The summed E-state index contributed by atoms with van der Waals surface area (Å²) in [5, 5.41) is 14.9. The number of anilines is 2. The number of carbonyl (C=O) groups is 3. The molecule has 0 radical (unpaired) electrons. The molecule has 0 saturated heterocycles. The van der Waals surface area contributed by atoms with E-state index in [4.69, 9.17) is 5.11 Å². The summed E-state index contributed by atoms with van der Waals surface area (Å²) in [6, 6.07) is 6.40. The monoisotopic (exact) mass is 286 g/mol. The van der Waals surface area contributed by atoms with Gasteiger partial charge < -0.3 is 5.11 Å². The van der Waals surface area contributed by atoms with E-state index in [1.54, 1.807) is 31.3 Å². The molecule has 1 aliphatic heterocycles. The van der Waals surface area contributed by atoms with Crippen LogP contribution in [0.5, 0.6) is 0 Å².